The van der Waals surface area contributed by atoms with Crippen molar-refractivity contribution in [2.45, 2.75) is 24.4 Å². The maximum absolute atomic E-state index is 13.5. The van der Waals surface area contributed by atoms with Crippen LogP contribution in [-0.2, 0) is 27.4 Å². The molecule has 38 heavy (non-hydrogen) atoms. The molecule has 1 aromatic heterocycles. The molecule has 0 aliphatic heterocycles. The zero-order valence-electron chi connectivity index (χ0n) is 20.3. The Kier molecular flexibility index (Phi) is 7.82. The molecule has 1 heterocycles. The summed E-state index contributed by atoms with van der Waals surface area (Å²) in [5.74, 6) is -0.708. The third-order valence-corrected chi connectivity index (χ3v) is 7.54. The summed E-state index contributed by atoms with van der Waals surface area (Å²) in [6.07, 6.45) is -0.625. The second-order valence-corrected chi connectivity index (χ2v) is 10.5. The molecule has 1 amide bonds. The van der Waals surface area contributed by atoms with Crippen molar-refractivity contribution in [1.29, 1.82) is 0 Å². The van der Waals surface area contributed by atoms with E-state index in [0.29, 0.717) is 22.5 Å². The molecule has 196 valence electrons. The van der Waals surface area contributed by atoms with Crippen molar-refractivity contribution in [1.82, 2.24) is 4.98 Å². The fraction of sp³-hybridized carbons (Fsp3) is 0.143. The highest BCUT2D eigenvalue weighted by Crippen LogP contribution is 2.33. The largest absolute Gasteiger partial charge is 0.416 e. The van der Waals surface area contributed by atoms with E-state index in [1.165, 1.54) is 18.2 Å². The van der Waals surface area contributed by atoms with E-state index in [9.17, 15) is 26.4 Å². The number of nitrogens with zero attached hydrogens (tertiary/aromatic N) is 2. The molecule has 6 nitrogen and oxygen atoms in total. The standard InChI is InChI=1S/C28H24F3N3O3S/c1-20-5-11-26(12-6-20)38(36,37)34(25-4-2-3-23(18-25)28(29,30)31)19-27(35)33-24-9-7-21(8-10-24)17-22-13-15-32-16-14-22/h2-16,18H,17,19H2,1H3,(H,33,35). The summed E-state index contributed by atoms with van der Waals surface area (Å²) in [6, 6.07) is 20.5. The van der Waals surface area contributed by atoms with Crippen LogP contribution in [0.15, 0.2) is 102 Å². The Hall–Kier alpha value is -4.18. The second kappa shape index (κ2) is 11.1. The van der Waals surface area contributed by atoms with E-state index in [4.69, 9.17) is 0 Å². The number of rotatable bonds is 8. The second-order valence-electron chi connectivity index (χ2n) is 8.65. The molecule has 0 aliphatic rings. The van der Waals surface area contributed by atoms with Gasteiger partial charge in [0.2, 0.25) is 5.91 Å². The summed E-state index contributed by atoms with van der Waals surface area (Å²) in [6.45, 7) is 1.05. The molecule has 10 heteroatoms. The quantitative estimate of drug-likeness (QED) is 0.305. The van der Waals surface area contributed by atoms with Crippen molar-refractivity contribution in [2.24, 2.45) is 0 Å². The van der Waals surface area contributed by atoms with Gasteiger partial charge in [-0.05, 0) is 79.1 Å². The van der Waals surface area contributed by atoms with Gasteiger partial charge in [0.1, 0.15) is 6.54 Å². The molecule has 0 spiro atoms. The van der Waals surface area contributed by atoms with Gasteiger partial charge in [0.25, 0.3) is 10.0 Å². The molecule has 3 aromatic carbocycles. The van der Waals surface area contributed by atoms with Crippen molar-refractivity contribution < 1.29 is 26.4 Å². The average molecular weight is 540 g/mol. The van der Waals surface area contributed by atoms with Gasteiger partial charge in [0.15, 0.2) is 0 Å². The normalized spacial score (nSPS) is 11.7. The Balaban J connectivity index is 1.58. The number of alkyl halides is 3. The zero-order chi connectivity index (χ0) is 27.3. The molecular weight excluding hydrogens is 515 g/mol. The van der Waals surface area contributed by atoms with Crippen LogP contribution in [0.1, 0.15) is 22.3 Å². The summed E-state index contributed by atoms with van der Waals surface area (Å²) < 4.78 is 67.7. The van der Waals surface area contributed by atoms with E-state index < -0.39 is 34.2 Å². The molecule has 1 N–H and O–H groups in total. The van der Waals surface area contributed by atoms with Crippen molar-refractivity contribution in [2.75, 3.05) is 16.2 Å². The molecule has 4 aromatic rings. The number of halogens is 3. The number of aryl methyl sites for hydroxylation is 1. The van der Waals surface area contributed by atoms with Gasteiger partial charge in [-0.15, -0.1) is 0 Å². The maximum Gasteiger partial charge on any atom is 0.416 e. The Labute approximate surface area is 218 Å². The van der Waals surface area contributed by atoms with Crippen LogP contribution in [0.25, 0.3) is 0 Å². The van der Waals surface area contributed by atoms with Crippen LogP contribution in [0.4, 0.5) is 24.5 Å². The Morgan fingerprint density at radius 2 is 1.53 bits per heavy atom. The number of carbonyl (C=O) groups is 1. The number of hydrogen-bond acceptors (Lipinski definition) is 4. The SMILES string of the molecule is Cc1ccc(S(=O)(=O)N(CC(=O)Nc2ccc(Cc3ccncc3)cc2)c2cccc(C(F)(F)F)c2)cc1. The minimum absolute atomic E-state index is 0.145. The smallest absolute Gasteiger partial charge is 0.325 e. The number of sulfonamides is 1. The van der Waals surface area contributed by atoms with Gasteiger partial charge in [-0.25, -0.2) is 8.42 Å². The van der Waals surface area contributed by atoms with Crippen molar-refractivity contribution >= 4 is 27.3 Å². The molecule has 0 bridgehead atoms. The number of hydrogen-bond donors (Lipinski definition) is 1. The van der Waals surface area contributed by atoms with Gasteiger partial charge in [-0.1, -0.05) is 35.9 Å². The van der Waals surface area contributed by atoms with Crippen molar-refractivity contribution in [3.05, 3.63) is 120 Å². The number of benzene rings is 3. The first kappa shape index (κ1) is 26.9. The lowest BCUT2D eigenvalue weighted by Crippen LogP contribution is -2.38. The predicted octanol–water partition coefficient (Wildman–Crippen LogP) is 5.83. The highest BCUT2D eigenvalue weighted by molar-refractivity contribution is 7.92. The number of amides is 1. The first-order valence-electron chi connectivity index (χ1n) is 11.6. The van der Waals surface area contributed by atoms with E-state index >= 15 is 0 Å². The third-order valence-electron chi connectivity index (χ3n) is 5.75. The Morgan fingerprint density at radius 3 is 2.16 bits per heavy atom. The molecule has 0 fully saturated rings. The molecule has 0 saturated heterocycles. The van der Waals surface area contributed by atoms with Crippen LogP contribution >= 0.6 is 0 Å². The number of anilines is 2. The van der Waals surface area contributed by atoms with E-state index in [2.05, 4.69) is 10.3 Å². The lowest BCUT2D eigenvalue weighted by Gasteiger charge is -2.25. The molecule has 0 unspecified atom stereocenters. The number of carbonyl (C=O) groups excluding carboxylic acids is 1. The van der Waals surface area contributed by atoms with Crippen LogP contribution in [-0.4, -0.2) is 25.9 Å². The van der Waals surface area contributed by atoms with E-state index in [-0.39, 0.29) is 10.6 Å². The third kappa shape index (κ3) is 6.57. The first-order valence-corrected chi connectivity index (χ1v) is 13.0. The highest BCUT2D eigenvalue weighted by atomic mass is 32.2. The fourth-order valence-corrected chi connectivity index (χ4v) is 5.18. The van der Waals surface area contributed by atoms with Gasteiger partial charge in [-0.2, -0.15) is 13.2 Å². The van der Waals surface area contributed by atoms with Gasteiger partial charge in [0, 0.05) is 18.1 Å². The number of pyridine rings is 1. The molecule has 0 saturated carbocycles. The predicted molar refractivity (Wildman–Crippen MR) is 139 cm³/mol. The zero-order valence-corrected chi connectivity index (χ0v) is 21.1. The molecule has 4 rings (SSSR count). The topological polar surface area (TPSA) is 79.4 Å². The van der Waals surface area contributed by atoms with Crippen molar-refractivity contribution in [3.63, 3.8) is 0 Å². The molecule has 0 radical (unpaired) electrons. The van der Waals surface area contributed by atoms with Crippen LogP contribution in [0, 0.1) is 6.92 Å². The van der Waals surface area contributed by atoms with Crippen molar-refractivity contribution in [3.8, 4) is 0 Å². The van der Waals surface area contributed by atoms with Gasteiger partial charge in [-0.3, -0.25) is 14.1 Å². The average Bonchev–Trinajstić information content (AvgIpc) is 2.89. The van der Waals surface area contributed by atoms with E-state index in [1.54, 1.807) is 43.6 Å². The van der Waals surface area contributed by atoms with Crippen LogP contribution in [0.3, 0.4) is 0 Å². The minimum Gasteiger partial charge on any atom is -0.325 e. The number of nitrogens with one attached hydrogen (secondary N) is 1. The van der Waals surface area contributed by atoms with Gasteiger partial charge < -0.3 is 5.32 Å². The summed E-state index contributed by atoms with van der Waals surface area (Å²) in [5.41, 5.74) is 1.98. The summed E-state index contributed by atoms with van der Waals surface area (Å²) in [4.78, 5) is 16.8. The van der Waals surface area contributed by atoms with Crippen LogP contribution < -0.4 is 9.62 Å². The Morgan fingerprint density at radius 1 is 0.895 bits per heavy atom. The van der Waals surface area contributed by atoms with Crippen LogP contribution in [0.2, 0.25) is 0 Å². The summed E-state index contributed by atoms with van der Waals surface area (Å²) >= 11 is 0. The lowest BCUT2D eigenvalue weighted by atomic mass is 10.1. The number of aromatic nitrogens is 1. The first-order chi connectivity index (χ1) is 18.0. The molecule has 0 aliphatic carbocycles. The Bertz CT molecular complexity index is 1510. The van der Waals surface area contributed by atoms with E-state index in [1.807, 2.05) is 24.3 Å². The van der Waals surface area contributed by atoms with E-state index in [0.717, 1.165) is 28.8 Å². The van der Waals surface area contributed by atoms with Gasteiger partial charge in [0.05, 0.1) is 16.1 Å². The fourth-order valence-electron chi connectivity index (χ4n) is 3.76. The highest BCUT2D eigenvalue weighted by Gasteiger charge is 2.33. The lowest BCUT2D eigenvalue weighted by molar-refractivity contribution is -0.137. The maximum atomic E-state index is 13.5. The molecule has 0 atom stereocenters. The monoisotopic (exact) mass is 539 g/mol. The van der Waals surface area contributed by atoms with Gasteiger partial charge >= 0.3 is 6.18 Å². The molecular formula is C28H24F3N3O3S. The summed E-state index contributed by atoms with van der Waals surface area (Å²) in [7, 11) is -4.36. The summed E-state index contributed by atoms with van der Waals surface area (Å²) in [5, 5.41) is 2.63. The minimum atomic E-state index is -4.68. The van der Waals surface area contributed by atoms with Crippen LogP contribution in [0.5, 0.6) is 0 Å².